The van der Waals surface area contributed by atoms with Crippen molar-refractivity contribution >= 4 is 11.4 Å². The fraction of sp³-hybridized carbons (Fsp3) is 0. The lowest BCUT2D eigenvalue weighted by Crippen LogP contribution is -1.94. The molecule has 15 heavy (non-hydrogen) atoms. The van der Waals surface area contributed by atoms with Crippen molar-refractivity contribution in [3.63, 3.8) is 0 Å². The van der Waals surface area contributed by atoms with Gasteiger partial charge in [-0.05, 0) is 0 Å². The Hall–Kier alpha value is -2.69. The molecule has 0 heterocycles. The number of non-ortho nitro benzene ring substituents is 2. The molecule has 1 aromatic carbocycles. The minimum atomic E-state index is -0.808. The first-order valence-electron chi connectivity index (χ1n) is 3.54. The maximum Gasteiger partial charge on any atom is 0.292 e. The first-order valence-corrected chi connectivity index (χ1v) is 3.54. The topological polar surface area (TPSA) is 119 Å². The summed E-state index contributed by atoms with van der Waals surface area (Å²) >= 11 is 0. The SMILES string of the molecule is N#COc1cc([N+](=O)[O-])cc([N+](=O)[O-])c1. The minimum Gasteiger partial charge on any atom is -0.388 e. The first kappa shape index (κ1) is 10.4. The van der Waals surface area contributed by atoms with Crippen molar-refractivity contribution in [2.45, 2.75) is 0 Å². The van der Waals surface area contributed by atoms with Gasteiger partial charge in [0.1, 0.15) is 0 Å². The Kier molecular flexibility index (Phi) is 2.78. The molecular weight excluding hydrogens is 206 g/mol. The number of nitrogens with zero attached hydrogens (tertiary/aromatic N) is 3. The number of nitro groups is 2. The van der Waals surface area contributed by atoms with Crippen LogP contribution in [-0.2, 0) is 0 Å². The first-order chi connectivity index (χ1) is 7.04. The highest BCUT2D eigenvalue weighted by molar-refractivity contribution is 5.49. The summed E-state index contributed by atoms with van der Waals surface area (Å²) in [5.41, 5.74) is -1.01. The van der Waals surface area contributed by atoms with Gasteiger partial charge in [0.25, 0.3) is 17.6 Å². The molecule has 0 amide bonds. The van der Waals surface area contributed by atoms with E-state index in [2.05, 4.69) is 4.74 Å². The Balaban J connectivity index is 3.27. The largest absolute Gasteiger partial charge is 0.388 e. The van der Waals surface area contributed by atoms with E-state index in [1.165, 1.54) is 6.26 Å². The second-order valence-electron chi connectivity index (χ2n) is 2.39. The molecule has 0 bridgehead atoms. The molecule has 1 aromatic rings. The van der Waals surface area contributed by atoms with Crippen LogP contribution in [0.5, 0.6) is 5.75 Å². The van der Waals surface area contributed by atoms with Gasteiger partial charge in [0.05, 0.1) is 28.0 Å². The lowest BCUT2D eigenvalue weighted by atomic mass is 10.2. The quantitative estimate of drug-likeness (QED) is 0.421. The van der Waals surface area contributed by atoms with Gasteiger partial charge in [0.15, 0.2) is 5.75 Å². The predicted octanol–water partition coefficient (Wildman–Crippen LogP) is 1.36. The van der Waals surface area contributed by atoms with Gasteiger partial charge >= 0.3 is 0 Å². The zero-order valence-electron chi connectivity index (χ0n) is 7.11. The van der Waals surface area contributed by atoms with E-state index in [0.717, 1.165) is 18.2 Å². The van der Waals surface area contributed by atoms with Crippen molar-refractivity contribution in [1.82, 2.24) is 0 Å². The molecule has 0 aromatic heterocycles. The van der Waals surface area contributed by atoms with E-state index < -0.39 is 21.2 Å². The lowest BCUT2D eigenvalue weighted by Gasteiger charge is -1.96. The zero-order chi connectivity index (χ0) is 11.4. The van der Waals surface area contributed by atoms with Gasteiger partial charge in [0, 0.05) is 0 Å². The number of hydrogen-bond donors (Lipinski definition) is 0. The molecule has 0 atom stereocenters. The van der Waals surface area contributed by atoms with Crippen LogP contribution in [0.15, 0.2) is 18.2 Å². The van der Waals surface area contributed by atoms with Crippen LogP contribution in [0.4, 0.5) is 11.4 Å². The van der Waals surface area contributed by atoms with Crippen LogP contribution < -0.4 is 4.74 Å². The third-order valence-electron chi connectivity index (χ3n) is 1.46. The number of hydrogen-bond acceptors (Lipinski definition) is 6. The van der Waals surface area contributed by atoms with Crippen LogP contribution in [0.3, 0.4) is 0 Å². The van der Waals surface area contributed by atoms with E-state index in [9.17, 15) is 20.2 Å². The van der Waals surface area contributed by atoms with E-state index in [0.29, 0.717) is 0 Å². The van der Waals surface area contributed by atoms with Crippen molar-refractivity contribution in [1.29, 1.82) is 5.26 Å². The van der Waals surface area contributed by atoms with Crippen LogP contribution in [0.25, 0.3) is 0 Å². The third-order valence-corrected chi connectivity index (χ3v) is 1.46. The molecule has 76 valence electrons. The summed E-state index contributed by atoms with van der Waals surface area (Å²) in [5.74, 6) is -0.238. The molecule has 8 heteroatoms. The van der Waals surface area contributed by atoms with Crippen LogP contribution in [0.1, 0.15) is 0 Å². The predicted molar refractivity (Wildman–Crippen MR) is 46.0 cm³/mol. The Labute approximate surface area is 82.6 Å². The number of rotatable bonds is 3. The third kappa shape index (κ3) is 2.38. The van der Waals surface area contributed by atoms with E-state index >= 15 is 0 Å². The minimum absolute atomic E-state index is 0.238. The Morgan fingerprint density at radius 1 is 1.13 bits per heavy atom. The van der Waals surface area contributed by atoms with Crippen LogP contribution in [-0.4, -0.2) is 9.85 Å². The maximum absolute atomic E-state index is 10.4. The fourth-order valence-electron chi connectivity index (χ4n) is 0.890. The van der Waals surface area contributed by atoms with Gasteiger partial charge in [-0.1, -0.05) is 0 Å². The lowest BCUT2D eigenvalue weighted by molar-refractivity contribution is -0.394. The molecule has 0 unspecified atom stereocenters. The van der Waals surface area contributed by atoms with E-state index in [4.69, 9.17) is 5.26 Å². The molecule has 0 saturated carbocycles. The number of nitriles is 1. The second-order valence-corrected chi connectivity index (χ2v) is 2.39. The number of benzene rings is 1. The summed E-state index contributed by atoms with van der Waals surface area (Å²) in [6.07, 6.45) is 1.27. The molecular formula is C7H3N3O5. The van der Waals surface area contributed by atoms with Gasteiger partial charge < -0.3 is 4.74 Å². The summed E-state index contributed by atoms with van der Waals surface area (Å²) in [4.78, 5) is 19.1. The molecule has 0 aliphatic rings. The van der Waals surface area contributed by atoms with Crippen molar-refractivity contribution in [3.05, 3.63) is 38.4 Å². The monoisotopic (exact) mass is 209 g/mol. The fourth-order valence-corrected chi connectivity index (χ4v) is 0.890. The van der Waals surface area contributed by atoms with E-state index in [-0.39, 0.29) is 5.75 Å². The van der Waals surface area contributed by atoms with Gasteiger partial charge in [-0.3, -0.25) is 20.2 Å². The molecule has 0 spiro atoms. The van der Waals surface area contributed by atoms with Crippen LogP contribution in [0.2, 0.25) is 0 Å². The second kappa shape index (κ2) is 4.01. The number of nitro benzene ring substituents is 2. The van der Waals surface area contributed by atoms with Crippen LogP contribution in [0, 0.1) is 31.7 Å². The molecule has 1 rings (SSSR count). The molecule has 0 aliphatic carbocycles. The van der Waals surface area contributed by atoms with Gasteiger partial charge in [-0.25, -0.2) is 0 Å². The summed E-state index contributed by atoms with van der Waals surface area (Å²) < 4.78 is 4.28. The molecule has 0 N–H and O–H groups in total. The summed E-state index contributed by atoms with van der Waals surface area (Å²) in [6, 6.07) is 2.64. The average Bonchev–Trinajstić information content (AvgIpc) is 2.17. The Morgan fingerprint density at radius 3 is 1.93 bits per heavy atom. The standard InChI is InChI=1S/C7H3N3O5/c8-4-15-7-2-5(9(11)12)1-6(3-7)10(13)14/h1-3H. The molecule has 8 nitrogen and oxygen atoms in total. The van der Waals surface area contributed by atoms with Gasteiger partial charge in [0.2, 0.25) is 0 Å². The summed E-state index contributed by atoms with van der Waals surface area (Å²) in [7, 11) is 0. The highest BCUT2D eigenvalue weighted by Gasteiger charge is 2.17. The smallest absolute Gasteiger partial charge is 0.292 e. The molecule has 0 radical (unpaired) electrons. The van der Waals surface area contributed by atoms with Crippen molar-refractivity contribution in [3.8, 4) is 12.0 Å². The molecule has 0 fully saturated rings. The Morgan fingerprint density at radius 2 is 1.60 bits per heavy atom. The van der Waals surface area contributed by atoms with Crippen molar-refractivity contribution in [2.75, 3.05) is 0 Å². The highest BCUT2D eigenvalue weighted by atomic mass is 16.6. The van der Waals surface area contributed by atoms with Crippen molar-refractivity contribution in [2.24, 2.45) is 0 Å². The maximum atomic E-state index is 10.4. The van der Waals surface area contributed by atoms with Crippen LogP contribution >= 0.6 is 0 Å². The number of ether oxygens (including phenoxy) is 1. The summed E-state index contributed by atoms with van der Waals surface area (Å²) in [6.45, 7) is 0. The molecule has 0 aliphatic heterocycles. The Bertz CT molecular complexity index is 432. The zero-order valence-corrected chi connectivity index (χ0v) is 7.11. The average molecular weight is 209 g/mol. The van der Waals surface area contributed by atoms with Crippen molar-refractivity contribution < 1.29 is 14.6 Å². The van der Waals surface area contributed by atoms with E-state index in [1.54, 1.807) is 0 Å². The van der Waals surface area contributed by atoms with Gasteiger partial charge in [-0.15, -0.1) is 5.26 Å². The molecule has 0 saturated heterocycles. The van der Waals surface area contributed by atoms with E-state index in [1.807, 2.05) is 0 Å². The normalized spacial score (nSPS) is 9.00. The highest BCUT2D eigenvalue weighted by Crippen LogP contribution is 2.27. The van der Waals surface area contributed by atoms with Gasteiger partial charge in [-0.2, -0.15) is 0 Å². The summed E-state index contributed by atoms with van der Waals surface area (Å²) in [5, 5.41) is 28.9.